The number of aliphatic carboxylic acids is 1. The van der Waals surface area contributed by atoms with Crippen LogP contribution in [0.15, 0.2) is 53.6 Å². The van der Waals surface area contributed by atoms with Gasteiger partial charge in [-0.25, -0.2) is 17.2 Å². The van der Waals surface area contributed by atoms with Gasteiger partial charge in [-0.3, -0.25) is 9.59 Å². The number of sulfone groups is 1. The number of H-pyrrole nitrogens is 1. The number of fused-ring (bicyclic) bond motifs is 2. The van der Waals surface area contributed by atoms with Gasteiger partial charge >= 0.3 is 5.97 Å². The lowest BCUT2D eigenvalue weighted by atomic mass is 9.96. The summed E-state index contributed by atoms with van der Waals surface area (Å²) in [7, 11) is -1.75. The van der Waals surface area contributed by atoms with Gasteiger partial charge < -0.3 is 19.6 Å². The van der Waals surface area contributed by atoms with Crippen molar-refractivity contribution in [3.05, 3.63) is 81.9 Å². The number of aromatic amines is 1. The molecule has 2 aromatic carbocycles. The third-order valence-corrected chi connectivity index (χ3v) is 7.89. The summed E-state index contributed by atoms with van der Waals surface area (Å²) >= 11 is 0. The molecule has 1 aliphatic heterocycles. The van der Waals surface area contributed by atoms with Gasteiger partial charge in [0.15, 0.2) is 9.84 Å². The average molecular weight is 556 g/mol. The summed E-state index contributed by atoms with van der Waals surface area (Å²) < 4.78 is 55.0. The number of nitrogens with one attached hydrogen (secondary N) is 1. The van der Waals surface area contributed by atoms with Gasteiger partial charge in [-0.1, -0.05) is 12.5 Å². The molecule has 8 nitrogen and oxygen atoms in total. The molecule has 0 spiro atoms. The first kappa shape index (κ1) is 26.6. The molecule has 0 bridgehead atoms. The number of nitrogens with zero attached hydrogens (tertiary/aromatic N) is 2. The van der Waals surface area contributed by atoms with Gasteiger partial charge in [-0.05, 0) is 42.7 Å². The largest absolute Gasteiger partial charge is 0.481 e. The van der Waals surface area contributed by atoms with Crippen LogP contribution in [0.5, 0.6) is 0 Å². The highest BCUT2D eigenvalue weighted by Gasteiger charge is 2.34. The van der Waals surface area contributed by atoms with Crippen molar-refractivity contribution in [1.29, 1.82) is 0 Å². The predicted octanol–water partition coefficient (Wildman–Crippen LogP) is 5.19. The fraction of sp³-hybridized carbons (Fsp3) is 0.286. The molecule has 4 aromatic rings. The SMILES string of the molecule is Cn1cc2c3c(c[nH]c3c1=O)C(CCCCC(=O)O)N(c1ccc(F)cc1F)c1ccc(CS(C)(=O)=O)cc1-2. The lowest BCUT2D eigenvalue weighted by Crippen LogP contribution is -2.25. The molecule has 204 valence electrons. The minimum atomic E-state index is -3.36. The Hall–Kier alpha value is -3.99. The zero-order chi connectivity index (χ0) is 28.1. The van der Waals surface area contributed by atoms with E-state index >= 15 is 4.39 Å². The van der Waals surface area contributed by atoms with Crippen molar-refractivity contribution < 1.29 is 27.1 Å². The molecular weight excluding hydrogens is 528 g/mol. The standard InChI is InChI=1S/C28H27F2N3O5S/c1-32-14-20-18-11-16(15-39(2,37)38)7-9-23(18)33(24-10-8-17(29)12-21(24)30)22(5-3-4-6-25(34)35)19-13-31-27(26(19)20)28(32)36/h7-14,22,31H,3-6,15H2,1-2H3,(H,34,35). The molecule has 39 heavy (non-hydrogen) atoms. The first-order valence-electron chi connectivity index (χ1n) is 12.4. The number of hydrogen-bond acceptors (Lipinski definition) is 5. The lowest BCUT2D eigenvalue weighted by molar-refractivity contribution is -0.137. The van der Waals surface area contributed by atoms with Crippen LogP contribution in [0.25, 0.3) is 22.0 Å². The number of aromatic nitrogens is 2. The van der Waals surface area contributed by atoms with E-state index in [1.807, 2.05) is 0 Å². The van der Waals surface area contributed by atoms with Gasteiger partial charge in [0.05, 0.1) is 17.5 Å². The van der Waals surface area contributed by atoms with E-state index in [-0.39, 0.29) is 23.4 Å². The highest BCUT2D eigenvalue weighted by Crippen LogP contribution is 2.50. The topological polar surface area (TPSA) is 112 Å². The van der Waals surface area contributed by atoms with E-state index in [4.69, 9.17) is 5.11 Å². The fourth-order valence-corrected chi connectivity index (χ4v) is 6.22. The second kappa shape index (κ2) is 9.96. The van der Waals surface area contributed by atoms with E-state index < -0.39 is 33.5 Å². The number of unbranched alkanes of at least 4 members (excludes halogenated alkanes) is 1. The minimum absolute atomic E-state index is 0.0251. The Morgan fingerprint density at radius 2 is 1.82 bits per heavy atom. The highest BCUT2D eigenvalue weighted by atomic mass is 32.2. The van der Waals surface area contributed by atoms with Gasteiger partial charge in [0, 0.05) is 65.9 Å². The van der Waals surface area contributed by atoms with Gasteiger partial charge in [0.25, 0.3) is 5.56 Å². The van der Waals surface area contributed by atoms with Crippen LogP contribution in [0.4, 0.5) is 20.2 Å². The second-order valence-electron chi connectivity index (χ2n) is 10.00. The maximum absolute atomic E-state index is 15.4. The van der Waals surface area contributed by atoms with E-state index in [9.17, 15) is 22.4 Å². The maximum atomic E-state index is 15.4. The van der Waals surface area contributed by atoms with Crippen LogP contribution in [-0.2, 0) is 27.4 Å². The zero-order valence-corrected chi connectivity index (χ0v) is 22.2. The van der Waals surface area contributed by atoms with E-state index in [0.29, 0.717) is 58.1 Å². The van der Waals surface area contributed by atoms with E-state index in [0.717, 1.165) is 18.4 Å². The van der Waals surface area contributed by atoms with Crippen molar-refractivity contribution in [1.82, 2.24) is 9.55 Å². The lowest BCUT2D eigenvalue weighted by Gasteiger charge is -2.34. The van der Waals surface area contributed by atoms with E-state index in [1.54, 1.807) is 42.5 Å². The fourth-order valence-electron chi connectivity index (χ4n) is 5.44. The molecule has 1 aliphatic rings. The summed E-state index contributed by atoms with van der Waals surface area (Å²) in [6, 6.07) is 7.88. The Balaban J connectivity index is 1.81. The molecule has 0 saturated heterocycles. The number of aryl methyl sites for hydroxylation is 1. The van der Waals surface area contributed by atoms with Crippen molar-refractivity contribution in [2.24, 2.45) is 7.05 Å². The first-order valence-corrected chi connectivity index (χ1v) is 14.5. The highest BCUT2D eigenvalue weighted by molar-refractivity contribution is 7.89. The zero-order valence-electron chi connectivity index (χ0n) is 21.4. The third kappa shape index (κ3) is 5.06. The first-order chi connectivity index (χ1) is 18.4. The second-order valence-corrected chi connectivity index (χ2v) is 12.1. The van der Waals surface area contributed by atoms with Crippen molar-refractivity contribution in [3.8, 4) is 11.1 Å². The van der Waals surface area contributed by atoms with Crippen molar-refractivity contribution in [2.45, 2.75) is 37.5 Å². The number of carboxylic acids is 1. The summed E-state index contributed by atoms with van der Waals surface area (Å²) in [5, 5.41) is 9.75. The molecule has 3 heterocycles. The van der Waals surface area contributed by atoms with Crippen molar-refractivity contribution in [3.63, 3.8) is 0 Å². The maximum Gasteiger partial charge on any atom is 0.303 e. The number of anilines is 2. The average Bonchev–Trinajstić information content (AvgIpc) is 3.24. The molecule has 1 unspecified atom stereocenters. The Kier molecular flexibility index (Phi) is 6.79. The van der Waals surface area contributed by atoms with Crippen molar-refractivity contribution in [2.75, 3.05) is 11.2 Å². The van der Waals surface area contributed by atoms with E-state index in [1.165, 1.54) is 10.6 Å². The van der Waals surface area contributed by atoms with Gasteiger partial charge in [-0.2, -0.15) is 0 Å². The number of carbonyl (C=O) groups is 1. The van der Waals surface area contributed by atoms with Crippen LogP contribution in [0.1, 0.15) is 42.9 Å². The van der Waals surface area contributed by atoms with Gasteiger partial charge in [-0.15, -0.1) is 0 Å². The van der Waals surface area contributed by atoms with Crippen LogP contribution >= 0.6 is 0 Å². The molecule has 2 aromatic heterocycles. The smallest absolute Gasteiger partial charge is 0.303 e. The Morgan fingerprint density at radius 3 is 2.51 bits per heavy atom. The summed E-state index contributed by atoms with van der Waals surface area (Å²) in [6.07, 6.45) is 5.79. The molecule has 0 radical (unpaired) electrons. The number of hydrogen-bond donors (Lipinski definition) is 2. The number of carboxylic acid groups (broad SMARTS) is 1. The molecule has 11 heteroatoms. The minimum Gasteiger partial charge on any atom is -0.481 e. The molecule has 5 rings (SSSR count). The quantitative estimate of drug-likeness (QED) is 0.289. The monoisotopic (exact) mass is 555 g/mol. The molecule has 0 aliphatic carbocycles. The number of rotatable bonds is 8. The molecule has 0 amide bonds. The summed E-state index contributed by atoms with van der Waals surface area (Å²) in [5.41, 5.74) is 3.22. The summed E-state index contributed by atoms with van der Waals surface area (Å²) in [6.45, 7) is 0. The summed E-state index contributed by atoms with van der Waals surface area (Å²) in [4.78, 5) is 29.0. The Labute approximate surface area is 223 Å². The molecule has 0 fully saturated rings. The molecule has 2 N–H and O–H groups in total. The normalized spacial score (nSPS) is 14.9. The number of pyridine rings is 1. The summed E-state index contributed by atoms with van der Waals surface area (Å²) in [5.74, 6) is -2.65. The van der Waals surface area contributed by atoms with Crippen LogP contribution < -0.4 is 10.5 Å². The van der Waals surface area contributed by atoms with Crippen LogP contribution in [0.3, 0.4) is 0 Å². The van der Waals surface area contributed by atoms with Gasteiger partial charge in [0.1, 0.15) is 17.2 Å². The molecule has 1 atom stereocenters. The van der Waals surface area contributed by atoms with Crippen LogP contribution in [0, 0.1) is 11.6 Å². The predicted molar refractivity (Wildman–Crippen MR) is 145 cm³/mol. The van der Waals surface area contributed by atoms with Crippen LogP contribution in [0.2, 0.25) is 0 Å². The number of benzene rings is 2. The Bertz CT molecular complexity index is 1780. The Morgan fingerprint density at radius 1 is 1.08 bits per heavy atom. The van der Waals surface area contributed by atoms with Crippen LogP contribution in [-0.4, -0.2) is 35.3 Å². The van der Waals surface area contributed by atoms with Crippen molar-refractivity contribution >= 4 is 38.1 Å². The molecule has 0 saturated carbocycles. The number of halogens is 2. The van der Waals surface area contributed by atoms with Gasteiger partial charge in [0.2, 0.25) is 0 Å². The van der Waals surface area contributed by atoms with E-state index in [2.05, 4.69) is 4.98 Å². The third-order valence-electron chi connectivity index (χ3n) is 7.03. The molecular formula is C28H27F2N3O5S.